The third-order valence-corrected chi connectivity index (χ3v) is 4.90. The number of carbonyl (C=O) groups excluding carboxylic acids is 2. The monoisotopic (exact) mass is 352 g/mol. The fourth-order valence-corrected chi connectivity index (χ4v) is 3.19. The van der Waals surface area contributed by atoms with Gasteiger partial charge in [-0.1, -0.05) is 18.2 Å². The molecule has 2 aromatic carbocycles. The molecule has 136 valence electrons. The van der Waals surface area contributed by atoms with Gasteiger partial charge in [0, 0.05) is 5.56 Å². The van der Waals surface area contributed by atoms with Crippen LogP contribution in [0.15, 0.2) is 36.4 Å². The van der Waals surface area contributed by atoms with Crippen molar-refractivity contribution in [2.45, 2.75) is 46.1 Å². The molecule has 1 aliphatic carbocycles. The van der Waals surface area contributed by atoms with Crippen molar-refractivity contribution in [3.05, 3.63) is 64.2 Å². The van der Waals surface area contributed by atoms with E-state index < -0.39 is 12.1 Å². The summed E-state index contributed by atoms with van der Waals surface area (Å²) >= 11 is 0. The average Bonchev–Trinajstić information content (AvgIpc) is 3.09. The Balaban J connectivity index is 1.53. The molecule has 1 atom stereocenters. The summed E-state index contributed by atoms with van der Waals surface area (Å²) in [5, 5.41) is 0. The lowest BCUT2D eigenvalue weighted by Gasteiger charge is -2.14. The van der Waals surface area contributed by atoms with Crippen LogP contribution in [0.2, 0.25) is 0 Å². The highest BCUT2D eigenvalue weighted by Crippen LogP contribution is 2.26. The van der Waals surface area contributed by atoms with Crippen LogP contribution in [0.1, 0.15) is 46.0 Å². The fourth-order valence-electron chi connectivity index (χ4n) is 3.19. The van der Waals surface area contributed by atoms with Crippen molar-refractivity contribution in [1.29, 1.82) is 0 Å². The minimum Gasteiger partial charge on any atom is -0.482 e. The lowest BCUT2D eigenvalue weighted by atomic mass is 10.0. The highest BCUT2D eigenvalue weighted by atomic mass is 16.6. The van der Waals surface area contributed by atoms with E-state index in [1.54, 1.807) is 13.0 Å². The highest BCUT2D eigenvalue weighted by molar-refractivity contribution is 6.00. The molecule has 0 saturated heterocycles. The largest absolute Gasteiger partial charge is 0.482 e. The Morgan fingerprint density at radius 1 is 1.00 bits per heavy atom. The number of hydrogen-bond acceptors (Lipinski definition) is 4. The molecule has 4 heteroatoms. The van der Waals surface area contributed by atoms with E-state index in [2.05, 4.69) is 6.07 Å². The average molecular weight is 352 g/mol. The second kappa shape index (κ2) is 7.73. The van der Waals surface area contributed by atoms with E-state index in [-0.39, 0.29) is 12.4 Å². The summed E-state index contributed by atoms with van der Waals surface area (Å²) in [5.74, 6) is -0.0927. The molecule has 0 N–H and O–H groups in total. The van der Waals surface area contributed by atoms with Gasteiger partial charge in [0.25, 0.3) is 0 Å². The molecule has 0 aliphatic heterocycles. The molecule has 0 aromatic heterocycles. The molecule has 0 spiro atoms. The van der Waals surface area contributed by atoms with Crippen LogP contribution >= 0.6 is 0 Å². The van der Waals surface area contributed by atoms with E-state index in [1.165, 1.54) is 17.5 Å². The van der Waals surface area contributed by atoms with Crippen LogP contribution in [-0.4, -0.2) is 24.5 Å². The van der Waals surface area contributed by atoms with Crippen molar-refractivity contribution in [1.82, 2.24) is 0 Å². The standard InChI is InChI=1S/C22H24O4/c1-14-7-8-19(11-15(14)2)22(24)16(3)26-21(23)13-25-20-10-9-17-5-4-6-18(17)12-20/h7-12,16H,4-6,13H2,1-3H3/t16-/m1/s1. The maximum atomic E-state index is 12.4. The van der Waals surface area contributed by atoms with E-state index in [1.807, 2.05) is 38.1 Å². The van der Waals surface area contributed by atoms with Gasteiger partial charge in [-0.15, -0.1) is 0 Å². The van der Waals surface area contributed by atoms with Gasteiger partial charge in [-0.2, -0.15) is 0 Å². The van der Waals surface area contributed by atoms with Gasteiger partial charge in [-0.05, 0) is 80.5 Å². The maximum absolute atomic E-state index is 12.4. The number of benzene rings is 2. The van der Waals surface area contributed by atoms with Gasteiger partial charge in [-0.3, -0.25) is 4.79 Å². The number of carbonyl (C=O) groups is 2. The van der Waals surface area contributed by atoms with Crippen LogP contribution in [-0.2, 0) is 22.4 Å². The van der Waals surface area contributed by atoms with Crippen LogP contribution in [0.4, 0.5) is 0 Å². The highest BCUT2D eigenvalue weighted by Gasteiger charge is 2.20. The minimum absolute atomic E-state index is 0.205. The first-order chi connectivity index (χ1) is 12.4. The lowest BCUT2D eigenvalue weighted by molar-refractivity contribution is -0.148. The van der Waals surface area contributed by atoms with Crippen molar-refractivity contribution in [3.63, 3.8) is 0 Å². The molecule has 0 fully saturated rings. The number of fused-ring (bicyclic) bond motifs is 1. The van der Waals surface area contributed by atoms with Crippen molar-refractivity contribution in [2.24, 2.45) is 0 Å². The molecule has 0 amide bonds. The molecule has 3 rings (SSSR count). The summed E-state index contributed by atoms with van der Waals surface area (Å²) < 4.78 is 10.8. The summed E-state index contributed by atoms with van der Waals surface area (Å²) in [6.07, 6.45) is 2.49. The quantitative estimate of drug-likeness (QED) is 0.583. The molecule has 0 saturated carbocycles. The molecule has 4 nitrogen and oxygen atoms in total. The van der Waals surface area contributed by atoms with Gasteiger partial charge in [-0.25, -0.2) is 4.79 Å². The molecule has 0 radical (unpaired) electrons. The Bertz CT molecular complexity index is 838. The Kier molecular flexibility index (Phi) is 5.40. The number of Topliss-reactive ketones (excluding diaryl/α,β-unsaturated/α-hetero) is 1. The van der Waals surface area contributed by atoms with E-state index in [0.717, 1.165) is 24.0 Å². The molecule has 2 aromatic rings. The molecular weight excluding hydrogens is 328 g/mol. The Morgan fingerprint density at radius 2 is 1.77 bits per heavy atom. The predicted octanol–water partition coefficient (Wildman–Crippen LogP) is 3.99. The van der Waals surface area contributed by atoms with Gasteiger partial charge in [0.1, 0.15) is 5.75 Å². The molecule has 1 aliphatic rings. The topological polar surface area (TPSA) is 52.6 Å². The van der Waals surface area contributed by atoms with E-state index in [9.17, 15) is 9.59 Å². The van der Waals surface area contributed by atoms with Crippen LogP contribution in [0, 0.1) is 13.8 Å². The van der Waals surface area contributed by atoms with Gasteiger partial charge < -0.3 is 9.47 Å². The molecule has 0 unspecified atom stereocenters. The number of ether oxygens (including phenoxy) is 2. The first kappa shape index (κ1) is 18.2. The first-order valence-corrected chi connectivity index (χ1v) is 8.99. The van der Waals surface area contributed by atoms with E-state index in [4.69, 9.17) is 9.47 Å². The Labute approximate surface area is 154 Å². The summed E-state index contributed by atoms with van der Waals surface area (Å²) in [6.45, 7) is 5.32. The smallest absolute Gasteiger partial charge is 0.344 e. The summed E-state index contributed by atoms with van der Waals surface area (Å²) in [6, 6.07) is 11.4. The van der Waals surface area contributed by atoms with Crippen LogP contribution in [0.5, 0.6) is 5.75 Å². The van der Waals surface area contributed by atoms with E-state index >= 15 is 0 Å². The minimum atomic E-state index is -0.840. The zero-order chi connectivity index (χ0) is 18.7. The summed E-state index contributed by atoms with van der Waals surface area (Å²) in [5.41, 5.74) is 5.35. The molecule has 0 heterocycles. The molecule has 0 bridgehead atoms. The number of ketones is 1. The second-order valence-electron chi connectivity index (χ2n) is 6.87. The van der Waals surface area contributed by atoms with Crippen molar-refractivity contribution in [2.75, 3.05) is 6.61 Å². The Hall–Kier alpha value is -2.62. The van der Waals surface area contributed by atoms with Crippen molar-refractivity contribution in [3.8, 4) is 5.75 Å². The zero-order valence-corrected chi connectivity index (χ0v) is 15.5. The normalized spacial score (nSPS) is 13.8. The maximum Gasteiger partial charge on any atom is 0.344 e. The van der Waals surface area contributed by atoms with Crippen LogP contribution < -0.4 is 4.74 Å². The van der Waals surface area contributed by atoms with Gasteiger partial charge in [0.05, 0.1) is 0 Å². The van der Waals surface area contributed by atoms with E-state index in [0.29, 0.717) is 11.3 Å². The Morgan fingerprint density at radius 3 is 2.54 bits per heavy atom. The van der Waals surface area contributed by atoms with Gasteiger partial charge in [0.2, 0.25) is 5.78 Å². The number of aryl methyl sites for hydroxylation is 4. The fraction of sp³-hybridized carbons (Fsp3) is 0.364. The van der Waals surface area contributed by atoms with Gasteiger partial charge >= 0.3 is 5.97 Å². The van der Waals surface area contributed by atoms with Crippen molar-refractivity contribution >= 4 is 11.8 Å². The third-order valence-electron chi connectivity index (χ3n) is 4.90. The van der Waals surface area contributed by atoms with Crippen LogP contribution in [0.25, 0.3) is 0 Å². The second-order valence-corrected chi connectivity index (χ2v) is 6.87. The predicted molar refractivity (Wildman–Crippen MR) is 99.8 cm³/mol. The number of rotatable bonds is 6. The summed E-state index contributed by atoms with van der Waals surface area (Å²) in [7, 11) is 0. The first-order valence-electron chi connectivity index (χ1n) is 8.99. The zero-order valence-electron chi connectivity index (χ0n) is 15.5. The molecular formula is C22H24O4. The SMILES string of the molecule is Cc1ccc(C(=O)[C@@H](C)OC(=O)COc2ccc3c(c2)CCC3)cc1C. The van der Waals surface area contributed by atoms with Gasteiger partial charge in [0.15, 0.2) is 12.7 Å². The summed E-state index contributed by atoms with van der Waals surface area (Å²) in [4.78, 5) is 24.4. The lowest BCUT2D eigenvalue weighted by Crippen LogP contribution is -2.27. The molecule has 26 heavy (non-hydrogen) atoms. The number of hydrogen-bond donors (Lipinski definition) is 0. The third kappa shape index (κ3) is 4.13. The van der Waals surface area contributed by atoms with Crippen molar-refractivity contribution < 1.29 is 19.1 Å². The van der Waals surface area contributed by atoms with Crippen LogP contribution in [0.3, 0.4) is 0 Å². The number of esters is 1.